The van der Waals surface area contributed by atoms with Crippen LogP contribution in [0.2, 0.25) is 5.02 Å². The van der Waals surface area contributed by atoms with E-state index in [0.29, 0.717) is 23.3 Å². The van der Waals surface area contributed by atoms with E-state index in [1.165, 1.54) is 17.7 Å². The molecule has 0 spiro atoms. The number of rotatable bonds is 4. The minimum absolute atomic E-state index is 0.101. The second kappa shape index (κ2) is 7.25. The highest BCUT2D eigenvalue weighted by molar-refractivity contribution is 7.09. The molecule has 1 aliphatic rings. The summed E-state index contributed by atoms with van der Waals surface area (Å²) in [5.41, 5.74) is 2.72. The van der Waals surface area contributed by atoms with Gasteiger partial charge in [0.25, 0.3) is 0 Å². The number of nitrogens with zero attached hydrogens (tertiary/aromatic N) is 1. The largest absolute Gasteiger partial charge is 0.326 e. The lowest BCUT2D eigenvalue weighted by Crippen LogP contribution is -2.20. The Labute approximate surface area is 139 Å². The van der Waals surface area contributed by atoms with Crippen molar-refractivity contribution in [2.75, 3.05) is 5.32 Å². The average Bonchev–Trinajstić information content (AvgIpc) is 3.05. The van der Waals surface area contributed by atoms with E-state index in [1.54, 1.807) is 23.5 Å². The second-order valence-corrected chi connectivity index (χ2v) is 7.24. The van der Waals surface area contributed by atoms with Gasteiger partial charge >= 0.3 is 0 Å². The van der Waals surface area contributed by atoms with Crippen molar-refractivity contribution in [1.29, 1.82) is 0 Å². The number of carbonyl (C=O) groups is 1. The molecule has 1 heterocycles. The first-order valence-corrected chi connectivity index (χ1v) is 8.90. The van der Waals surface area contributed by atoms with Crippen LogP contribution in [0.25, 0.3) is 0 Å². The first kappa shape index (κ1) is 15.5. The summed E-state index contributed by atoms with van der Waals surface area (Å²) >= 11 is 7.59. The van der Waals surface area contributed by atoms with Crippen molar-refractivity contribution in [3.8, 4) is 0 Å². The van der Waals surface area contributed by atoms with Crippen LogP contribution in [-0.2, 0) is 4.79 Å². The molecule has 0 unspecified atom stereocenters. The van der Waals surface area contributed by atoms with Crippen molar-refractivity contribution in [3.05, 3.63) is 45.9 Å². The fourth-order valence-corrected chi connectivity index (χ4v) is 4.01. The molecule has 1 saturated carbocycles. The van der Waals surface area contributed by atoms with Crippen LogP contribution in [0, 0.1) is 5.92 Å². The number of aromatic nitrogens is 1. The third kappa shape index (κ3) is 4.08. The maximum atomic E-state index is 12.1. The van der Waals surface area contributed by atoms with Gasteiger partial charge < -0.3 is 5.32 Å². The van der Waals surface area contributed by atoms with Crippen LogP contribution >= 0.6 is 22.9 Å². The van der Waals surface area contributed by atoms with E-state index in [-0.39, 0.29) is 5.91 Å². The van der Waals surface area contributed by atoms with Crippen molar-refractivity contribution in [3.63, 3.8) is 0 Å². The Morgan fingerprint density at radius 2 is 1.95 bits per heavy atom. The fourth-order valence-electron chi connectivity index (χ4n) is 3.09. The van der Waals surface area contributed by atoms with Gasteiger partial charge in [0.1, 0.15) is 0 Å². The first-order chi connectivity index (χ1) is 10.7. The summed E-state index contributed by atoms with van der Waals surface area (Å²) in [7, 11) is 0. The Kier molecular flexibility index (Phi) is 5.11. The molecule has 22 heavy (non-hydrogen) atoms. The Bertz CT molecular complexity index is 604. The Morgan fingerprint density at radius 3 is 2.59 bits per heavy atom. The van der Waals surface area contributed by atoms with Crippen molar-refractivity contribution in [1.82, 2.24) is 4.98 Å². The van der Waals surface area contributed by atoms with Gasteiger partial charge in [-0.3, -0.25) is 9.78 Å². The van der Waals surface area contributed by atoms with Gasteiger partial charge in [-0.25, -0.2) is 0 Å². The second-order valence-electron chi connectivity index (χ2n) is 5.88. The van der Waals surface area contributed by atoms with Gasteiger partial charge in [0.15, 0.2) is 0 Å². The predicted molar refractivity (Wildman–Crippen MR) is 91.5 cm³/mol. The van der Waals surface area contributed by atoms with Crippen molar-refractivity contribution >= 4 is 34.5 Å². The molecule has 1 amide bonds. The van der Waals surface area contributed by atoms with Gasteiger partial charge in [0.2, 0.25) is 5.91 Å². The van der Waals surface area contributed by atoms with E-state index >= 15 is 0 Å². The summed E-state index contributed by atoms with van der Waals surface area (Å²) in [6.45, 7) is 0. The summed E-state index contributed by atoms with van der Waals surface area (Å²) in [6.07, 6.45) is 7.18. The zero-order valence-corrected chi connectivity index (χ0v) is 13.9. The molecule has 0 bridgehead atoms. The summed E-state index contributed by atoms with van der Waals surface area (Å²) in [5.74, 6) is 1.24. The van der Waals surface area contributed by atoms with Crippen LogP contribution in [0.15, 0.2) is 36.0 Å². The molecular weight excluding hydrogens is 316 g/mol. The van der Waals surface area contributed by atoms with E-state index < -0.39 is 0 Å². The number of amides is 1. The molecule has 0 radical (unpaired) electrons. The SMILES string of the molecule is O=C(CC1CCC(c2cncs2)CC1)Nc1ccc(Cl)cc1. The zero-order chi connectivity index (χ0) is 15.4. The van der Waals surface area contributed by atoms with Crippen LogP contribution in [0.5, 0.6) is 0 Å². The fraction of sp³-hybridized carbons (Fsp3) is 0.412. The smallest absolute Gasteiger partial charge is 0.224 e. The molecule has 1 fully saturated rings. The topological polar surface area (TPSA) is 42.0 Å². The van der Waals surface area contributed by atoms with Crippen LogP contribution in [0.1, 0.15) is 42.9 Å². The summed E-state index contributed by atoms with van der Waals surface area (Å²) < 4.78 is 0. The summed E-state index contributed by atoms with van der Waals surface area (Å²) in [5, 5.41) is 3.63. The molecule has 1 aliphatic carbocycles. The first-order valence-electron chi connectivity index (χ1n) is 7.64. The summed E-state index contributed by atoms with van der Waals surface area (Å²) in [6, 6.07) is 7.25. The third-order valence-corrected chi connectivity index (χ3v) is 5.49. The van der Waals surface area contributed by atoms with Crippen LogP contribution in [-0.4, -0.2) is 10.9 Å². The van der Waals surface area contributed by atoms with E-state index in [2.05, 4.69) is 10.3 Å². The van der Waals surface area contributed by atoms with Crippen molar-refractivity contribution < 1.29 is 4.79 Å². The van der Waals surface area contributed by atoms with Gasteiger partial charge in [0.05, 0.1) is 5.51 Å². The lowest BCUT2D eigenvalue weighted by Gasteiger charge is -2.27. The standard InChI is InChI=1S/C17H19ClN2OS/c18-14-5-7-15(8-6-14)20-17(21)9-12-1-3-13(4-2-12)16-10-19-11-22-16/h5-8,10-13H,1-4,9H2,(H,20,21). The Balaban J connectivity index is 1.46. The molecule has 1 aromatic carbocycles. The third-order valence-electron chi connectivity index (χ3n) is 4.30. The van der Waals surface area contributed by atoms with Crippen LogP contribution in [0.3, 0.4) is 0 Å². The highest BCUT2D eigenvalue weighted by Gasteiger charge is 2.24. The number of halogens is 1. The number of nitrogens with one attached hydrogen (secondary N) is 1. The van der Waals surface area contributed by atoms with E-state index in [0.717, 1.165) is 18.5 Å². The molecule has 1 aromatic heterocycles. The number of thiazole rings is 1. The van der Waals surface area contributed by atoms with Gasteiger partial charge in [-0.1, -0.05) is 11.6 Å². The lowest BCUT2D eigenvalue weighted by atomic mass is 9.80. The maximum absolute atomic E-state index is 12.1. The number of carbonyl (C=O) groups excluding carboxylic acids is 1. The van der Waals surface area contributed by atoms with E-state index in [1.807, 2.05) is 23.8 Å². The maximum Gasteiger partial charge on any atom is 0.224 e. The monoisotopic (exact) mass is 334 g/mol. The molecule has 0 saturated heterocycles. The number of hydrogen-bond acceptors (Lipinski definition) is 3. The molecule has 116 valence electrons. The molecule has 3 nitrogen and oxygen atoms in total. The number of benzene rings is 1. The summed E-state index contributed by atoms with van der Waals surface area (Å²) in [4.78, 5) is 17.7. The van der Waals surface area contributed by atoms with E-state index in [9.17, 15) is 4.79 Å². The predicted octanol–water partition coefficient (Wildman–Crippen LogP) is 5.10. The average molecular weight is 335 g/mol. The Hall–Kier alpha value is -1.39. The normalized spacial score (nSPS) is 21.5. The molecule has 2 aromatic rings. The van der Waals surface area contributed by atoms with Crippen molar-refractivity contribution in [2.24, 2.45) is 5.92 Å². The zero-order valence-electron chi connectivity index (χ0n) is 12.3. The lowest BCUT2D eigenvalue weighted by molar-refractivity contribution is -0.117. The van der Waals surface area contributed by atoms with Crippen molar-refractivity contribution in [2.45, 2.75) is 38.0 Å². The van der Waals surface area contributed by atoms with Gasteiger partial charge in [-0.05, 0) is 61.8 Å². The van der Waals surface area contributed by atoms with Crippen LogP contribution in [0.4, 0.5) is 5.69 Å². The van der Waals surface area contributed by atoms with Crippen LogP contribution < -0.4 is 5.32 Å². The van der Waals surface area contributed by atoms with E-state index in [4.69, 9.17) is 11.6 Å². The molecule has 5 heteroatoms. The molecule has 0 atom stereocenters. The number of anilines is 1. The molecular formula is C17H19ClN2OS. The highest BCUT2D eigenvalue weighted by Crippen LogP contribution is 2.38. The molecule has 1 N–H and O–H groups in total. The van der Waals surface area contributed by atoms with Gasteiger partial charge in [-0.15, -0.1) is 11.3 Å². The van der Waals surface area contributed by atoms with Gasteiger partial charge in [0, 0.05) is 28.2 Å². The minimum atomic E-state index is 0.101. The molecule has 3 rings (SSSR count). The molecule has 0 aliphatic heterocycles. The Morgan fingerprint density at radius 1 is 1.23 bits per heavy atom. The highest BCUT2D eigenvalue weighted by atomic mass is 35.5. The quantitative estimate of drug-likeness (QED) is 0.845. The number of hydrogen-bond donors (Lipinski definition) is 1. The van der Waals surface area contributed by atoms with Gasteiger partial charge in [-0.2, -0.15) is 0 Å². The minimum Gasteiger partial charge on any atom is -0.326 e.